The summed E-state index contributed by atoms with van der Waals surface area (Å²) in [6.45, 7) is 3.98. The highest BCUT2D eigenvalue weighted by atomic mass is 35.5. The van der Waals surface area contributed by atoms with E-state index in [1.54, 1.807) is 23.9 Å². The lowest BCUT2D eigenvalue weighted by Crippen LogP contribution is -2.14. The normalized spacial score (nSPS) is 12.7. The van der Waals surface area contributed by atoms with Gasteiger partial charge in [-0.3, -0.25) is 0 Å². The number of rotatable bonds is 3. The minimum absolute atomic E-state index is 0.400. The van der Waals surface area contributed by atoms with E-state index in [0.717, 1.165) is 17.0 Å². The Morgan fingerprint density at radius 1 is 1.47 bits per heavy atom. The molecule has 2 rings (SSSR count). The number of halogens is 1. The van der Waals surface area contributed by atoms with Crippen LogP contribution < -0.4 is 0 Å². The van der Waals surface area contributed by atoms with Crippen LogP contribution in [0.5, 0.6) is 0 Å². The van der Waals surface area contributed by atoms with Crippen LogP contribution in [-0.2, 0) is 6.54 Å². The fraction of sp³-hybridized carbons (Fsp3) is 0.364. The van der Waals surface area contributed by atoms with E-state index in [-0.39, 0.29) is 0 Å². The lowest BCUT2D eigenvalue weighted by molar-refractivity contribution is 0.168. The highest BCUT2D eigenvalue weighted by Crippen LogP contribution is 2.22. The second kappa shape index (κ2) is 4.81. The molecule has 2 aromatic heterocycles. The number of aromatic nitrogens is 4. The van der Waals surface area contributed by atoms with Gasteiger partial charge in [0.15, 0.2) is 0 Å². The smallest absolute Gasteiger partial charge is 0.129 e. The van der Waals surface area contributed by atoms with E-state index in [1.807, 2.05) is 13.0 Å². The van der Waals surface area contributed by atoms with Gasteiger partial charge in [-0.25, -0.2) is 9.67 Å². The summed E-state index contributed by atoms with van der Waals surface area (Å²) in [6, 6.07) is 3.60. The zero-order valence-electron chi connectivity index (χ0n) is 9.63. The van der Waals surface area contributed by atoms with Crippen molar-refractivity contribution in [1.29, 1.82) is 0 Å². The van der Waals surface area contributed by atoms with Gasteiger partial charge in [-0.15, -0.1) is 5.10 Å². The molecular formula is C11H13ClN4O. The quantitative estimate of drug-likeness (QED) is 0.845. The first-order valence-corrected chi connectivity index (χ1v) is 5.66. The zero-order valence-corrected chi connectivity index (χ0v) is 10.4. The summed E-state index contributed by atoms with van der Waals surface area (Å²) in [5, 5.41) is 17.6. The van der Waals surface area contributed by atoms with E-state index in [2.05, 4.69) is 15.3 Å². The minimum atomic E-state index is -0.476. The van der Waals surface area contributed by atoms with Crippen LogP contribution in [0.15, 0.2) is 18.3 Å². The van der Waals surface area contributed by atoms with Crippen molar-refractivity contribution in [2.75, 3.05) is 0 Å². The predicted octanol–water partition coefficient (Wildman–Crippen LogP) is 1.68. The predicted molar refractivity (Wildman–Crippen MR) is 64.7 cm³/mol. The molecule has 2 heterocycles. The molecule has 0 aliphatic carbocycles. The molecule has 0 saturated carbocycles. The Balaban J connectivity index is 2.42. The van der Waals surface area contributed by atoms with Gasteiger partial charge < -0.3 is 5.11 Å². The molecule has 2 aromatic rings. The van der Waals surface area contributed by atoms with Crippen molar-refractivity contribution in [3.8, 4) is 11.3 Å². The van der Waals surface area contributed by atoms with Crippen LogP contribution >= 0.6 is 11.6 Å². The summed E-state index contributed by atoms with van der Waals surface area (Å²) < 4.78 is 1.66. The summed E-state index contributed by atoms with van der Waals surface area (Å²) in [4.78, 5) is 4.18. The molecule has 0 spiro atoms. The topological polar surface area (TPSA) is 63.8 Å². The van der Waals surface area contributed by atoms with Gasteiger partial charge in [0, 0.05) is 11.3 Å². The molecule has 0 amide bonds. The van der Waals surface area contributed by atoms with E-state index < -0.39 is 6.10 Å². The molecule has 6 heteroatoms. The van der Waals surface area contributed by atoms with Crippen molar-refractivity contribution in [3.05, 3.63) is 29.2 Å². The number of aliphatic hydroxyl groups excluding tert-OH is 1. The van der Waals surface area contributed by atoms with Crippen molar-refractivity contribution >= 4 is 11.6 Å². The first-order chi connectivity index (χ1) is 8.08. The molecule has 1 unspecified atom stereocenters. The highest BCUT2D eigenvalue weighted by molar-refractivity contribution is 6.29. The van der Waals surface area contributed by atoms with E-state index in [0.29, 0.717) is 11.7 Å². The van der Waals surface area contributed by atoms with Crippen molar-refractivity contribution < 1.29 is 5.11 Å². The largest absolute Gasteiger partial charge is 0.391 e. The van der Waals surface area contributed by atoms with Crippen molar-refractivity contribution in [2.45, 2.75) is 26.5 Å². The number of aliphatic hydroxyl groups is 1. The van der Waals surface area contributed by atoms with Crippen LogP contribution in [0.25, 0.3) is 11.3 Å². The first-order valence-electron chi connectivity index (χ1n) is 5.28. The Hall–Kier alpha value is -1.46. The maximum atomic E-state index is 9.38. The summed E-state index contributed by atoms with van der Waals surface area (Å²) in [5.41, 5.74) is 2.55. The molecule has 5 nitrogen and oxygen atoms in total. The lowest BCUT2D eigenvalue weighted by atomic mass is 10.1. The fourth-order valence-corrected chi connectivity index (χ4v) is 1.84. The Morgan fingerprint density at radius 3 is 2.88 bits per heavy atom. The third kappa shape index (κ3) is 2.62. The first kappa shape index (κ1) is 12.0. The van der Waals surface area contributed by atoms with Gasteiger partial charge in [0.05, 0.1) is 24.5 Å². The highest BCUT2D eigenvalue weighted by Gasteiger charge is 2.11. The molecule has 0 radical (unpaired) electrons. The summed E-state index contributed by atoms with van der Waals surface area (Å²) >= 11 is 5.81. The van der Waals surface area contributed by atoms with Gasteiger partial charge in [-0.2, -0.15) is 0 Å². The average molecular weight is 253 g/mol. The van der Waals surface area contributed by atoms with Gasteiger partial charge in [-0.05, 0) is 26.0 Å². The summed E-state index contributed by atoms with van der Waals surface area (Å²) in [7, 11) is 0. The van der Waals surface area contributed by atoms with Gasteiger partial charge >= 0.3 is 0 Å². The van der Waals surface area contributed by atoms with E-state index in [1.165, 1.54) is 0 Å². The number of hydrogen-bond acceptors (Lipinski definition) is 4. The summed E-state index contributed by atoms with van der Waals surface area (Å²) in [6.07, 6.45) is 1.18. The van der Waals surface area contributed by atoms with Gasteiger partial charge in [0.2, 0.25) is 0 Å². The Morgan fingerprint density at radius 2 is 2.24 bits per heavy atom. The number of nitrogens with zero attached hydrogens (tertiary/aromatic N) is 4. The molecule has 0 fully saturated rings. The molecule has 0 bridgehead atoms. The molecule has 17 heavy (non-hydrogen) atoms. The van der Waals surface area contributed by atoms with Crippen molar-refractivity contribution in [3.63, 3.8) is 0 Å². The number of aryl methyl sites for hydroxylation is 1. The molecule has 1 N–H and O–H groups in total. The number of pyridine rings is 1. The van der Waals surface area contributed by atoms with Gasteiger partial charge in [-0.1, -0.05) is 16.8 Å². The standard InChI is InChI=1S/C11H13ClN4O/c1-7(17)6-16-10(5-13-15-16)9-3-4-11(12)14-8(9)2/h3-5,7,17H,6H2,1-2H3. The van der Waals surface area contributed by atoms with Gasteiger partial charge in [0.25, 0.3) is 0 Å². The Bertz CT molecular complexity index is 524. The Kier molecular flexibility index (Phi) is 3.40. The van der Waals surface area contributed by atoms with Crippen LogP contribution in [-0.4, -0.2) is 31.2 Å². The monoisotopic (exact) mass is 252 g/mol. The van der Waals surface area contributed by atoms with E-state index in [9.17, 15) is 5.11 Å². The SMILES string of the molecule is Cc1nc(Cl)ccc1-c1cnnn1CC(C)O. The van der Waals surface area contributed by atoms with Crippen molar-refractivity contribution in [1.82, 2.24) is 20.0 Å². The number of hydrogen-bond donors (Lipinski definition) is 1. The molecular weight excluding hydrogens is 240 g/mol. The fourth-order valence-electron chi connectivity index (χ4n) is 1.65. The maximum Gasteiger partial charge on any atom is 0.129 e. The van der Waals surface area contributed by atoms with Gasteiger partial charge in [0.1, 0.15) is 5.15 Å². The van der Waals surface area contributed by atoms with Crippen LogP contribution in [0.1, 0.15) is 12.6 Å². The second-order valence-electron chi connectivity index (χ2n) is 3.92. The van der Waals surface area contributed by atoms with Crippen LogP contribution in [0.3, 0.4) is 0 Å². The summed E-state index contributed by atoms with van der Waals surface area (Å²) in [5.74, 6) is 0. The van der Waals surface area contributed by atoms with Crippen LogP contribution in [0, 0.1) is 6.92 Å². The zero-order chi connectivity index (χ0) is 12.4. The van der Waals surface area contributed by atoms with Crippen LogP contribution in [0.2, 0.25) is 5.15 Å². The molecule has 0 aromatic carbocycles. The lowest BCUT2D eigenvalue weighted by Gasteiger charge is -2.09. The average Bonchev–Trinajstić information content (AvgIpc) is 2.65. The third-order valence-corrected chi connectivity index (χ3v) is 2.59. The second-order valence-corrected chi connectivity index (χ2v) is 4.30. The van der Waals surface area contributed by atoms with E-state index >= 15 is 0 Å². The maximum absolute atomic E-state index is 9.38. The van der Waals surface area contributed by atoms with E-state index in [4.69, 9.17) is 11.6 Å². The molecule has 0 aliphatic heterocycles. The molecule has 0 aliphatic rings. The Labute approximate surface area is 104 Å². The van der Waals surface area contributed by atoms with Crippen molar-refractivity contribution in [2.24, 2.45) is 0 Å². The molecule has 0 saturated heterocycles. The molecule has 1 atom stereocenters. The van der Waals surface area contributed by atoms with Crippen LogP contribution in [0.4, 0.5) is 0 Å². The third-order valence-electron chi connectivity index (χ3n) is 2.38. The minimum Gasteiger partial charge on any atom is -0.391 e. The molecule has 90 valence electrons.